The summed E-state index contributed by atoms with van der Waals surface area (Å²) in [7, 11) is 0. The maximum absolute atomic E-state index is 14.3. The molecule has 172 valence electrons. The fourth-order valence-corrected chi connectivity index (χ4v) is 4.65. The van der Waals surface area contributed by atoms with Gasteiger partial charge in [0.05, 0.1) is 16.7 Å². The number of rotatable bonds is 4. The third-order valence-electron chi connectivity index (χ3n) is 6.33. The predicted molar refractivity (Wildman–Crippen MR) is 116 cm³/mol. The number of aliphatic hydroxyl groups is 1. The van der Waals surface area contributed by atoms with Crippen LogP contribution in [0.5, 0.6) is 5.75 Å². The van der Waals surface area contributed by atoms with Gasteiger partial charge in [-0.05, 0) is 23.6 Å². The Morgan fingerprint density at radius 2 is 2.00 bits per heavy atom. The lowest BCUT2D eigenvalue weighted by atomic mass is 9.82. The van der Waals surface area contributed by atoms with Crippen molar-refractivity contribution in [1.29, 1.82) is 0 Å². The zero-order valence-electron chi connectivity index (χ0n) is 18.0. The van der Waals surface area contributed by atoms with Crippen LogP contribution in [0.25, 0.3) is 0 Å². The van der Waals surface area contributed by atoms with Gasteiger partial charge in [-0.3, -0.25) is 24.7 Å². The van der Waals surface area contributed by atoms with Gasteiger partial charge >= 0.3 is 0 Å². The van der Waals surface area contributed by atoms with Gasteiger partial charge in [0.1, 0.15) is 11.3 Å². The number of nitrogens with zero attached hydrogens (tertiary/aromatic N) is 2. The number of Topliss-reactive ketones (excluding diaryl/α,β-unsaturated/α-hetero) is 1. The van der Waals surface area contributed by atoms with Crippen LogP contribution in [0.15, 0.2) is 54.9 Å². The number of hydrogen-bond donors (Lipinski definition) is 2. The summed E-state index contributed by atoms with van der Waals surface area (Å²) in [5, 5.41) is 26.0. The van der Waals surface area contributed by atoms with E-state index in [1.54, 1.807) is 12.1 Å². The van der Waals surface area contributed by atoms with Crippen molar-refractivity contribution in [1.82, 2.24) is 10.3 Å². The molecule has 0 saturated heterocycles. The number of carbonyl (C=O) groups is 2. The molecule has 3 aromatic rings. The molecular formula is C24H18FN3O6. The molecule has 1 aliphatic heterocycles. The number of carbonyl (C=O) groups excluding carboxylic acids is 2. The Kier molecular flexibility index (Phi) is 4.56. The van der Waals surface area contributed by atoms with Gasteiger partial charge in [-0.2, -0.15) is 0 Å². The number of nitrogens with one attached hydrogen (secondary N) is 1. The molecule has 2 aromatic carbocycles. The molecule has 1 aliphatic carbocycles. The Bertz CT molecular complexity index is 1410. The molecule has 0 spiro atoms. The molecule has 2 heterocycles. The standard InChI is InChI=1S/C24H18FN3O6/c1-12(2)13-6-7-15-19(10-13)34-24(31)16-4-3-5-18(28(32)33)20(16)21(29)23(15,24)27-22(30)14-8-9-26-11-17(14)25/h3-12,31H,1-2H3,(H,27,30). The maximum atomic E-state index is 14.3. The van der Waals surface area contributed by atoms with Crippen molar-refractivity contribution >= 4 is 17.4 Å². The van der Waals surface area contributed by atoms with Crippen molar-refractivity contribution in [3.05, 3.63) is 98.6 Å². The summed E-state index contributed by atoms with van der Waals surface area (Å²) in [6.45, 7) is 3.89. The van der Waals surface area contributed by atoms with E-state index in [9.17, 15) is 29.2 Å². The number of ether oxygens (including phenoxy) is 1. The van der Waals surface area contributed by atoms with E-state index in [1.165, 1.54) is 24.4 Å². The van der Waals surface area contributed by atoms with Crippen LogP contribution in [0.1, 0.15) is 57.2 Å². The SMILES string of the molecule is CC(C)c1ccc2c(c1)OC1(O)c3cccc([N+](=O)[O-])c3C(=O)C21NC(=O)c1ccncc1F. The normalized spacial score (nSPS) is 22.1. The number of fused-ring (bicyclic) bond motifs is 5. The number of amides is 1. The molecule has 5 rings (SSSR count). The number of ketones is 1. The number of aromatic nitrogens is 1. The molecule has 2 aliphatic rings. The summed E-state index contributed by atoms with van der Waals surface area (Å²) in [6.07, 6.45) is 2.04. The Hall–Kier alpha value is -4.18. The van der Waals surface area contributed by atoms with Crippen molar-refractivity contribution in [3.63, 3.8) is 0 Å². The highest BCUT2D eigenvalue weighted by Crippen LogP contribution is 2.59. The van der Waals surface area contributed by atoms with E-state index in [4.69, 9.17) is 4.74 Å². The Balaban J connectivity index is 1.77. The first kappa shape index (κ1) is 21.7. The predicted octanol–water partition coefficient (Wildman–Crippen LogP) is 3.31. The van der Waals surface area contributed by atoms with Crippen LogP contribution in [0.4, 0.5) is 10.1 Å². The molecule has 0 radical (unpaired) electrons. The van der Waals surface area contributed by atoms with Gasteiger partial charge in [-0.15, -0.1) is 0 Å². The molecule has 0 saturated carbocycles. The number of nitro groups is 1. The van der Waals surface area contributed by atoms with Crippen molar-refractivity contribution < 1.29 is 28.7 Å². The second kappa shape index (κ2) is 7.16. The molecule has 2 N–H and O–H groups in total. The second-order valence-corrected chi connectivity index (χ2v) is 8.50. The van der Waals surface area contributed by atoms with Crippen LogP contribution in [0.2, 0.25) is 0 Å². The lowest BCUT2D eigenvalue weighted by Crippen LogP contribution is -2.60. The number of halogens is 1. The van der Waals surface area contributed by atoms with E-state index in [-0.39, 0.29) is 28.4 Å². The first-order chi connectivity index (χ1) is 16.1. The fraction of sp³-hybridized carbons (Fsp3) is 0.208. The van der Waals surface area contributed by atoms with Crippen molar-refractivity contribution in [3.8, 4) is 5.75 Å². The lowest BCUT2D eigenvalue weighted by Gasteiger charge is -2.34. The van der Waals surface area contributed by atoms with E-state index in [1.807, 2.05) is 13.8 Å². The van der Waals surface area contributed by atoms with E-state index in [0.29, 0.717) is 0 Å². The largest absolute Gasteiger partial charge is 0.454 e. The average Bonchev–Trinajstić information content (AvgIpc) is 3.16. The van der Waals surface area contributed by atoms with E-state index >= 15 is 0 Å². The van der Waals surface area contributed by atoms with Crippen LogP contribution in [-0.4, -0.2) is 26.7 Å². The number of benzene rings is 2. The van der Waals surface area contributed by atoms with E-state index in [0.717, 1.165) is 23.9 Å². The minimum Gasteiger partial charge on any atom is -0.454 e. The molecule has 2 atom stereocenters. The maximum Gasteiger partial charge on any atom is 0.280 e. The first-order valence-corrected chi connectivity index (χ1v) is 10.4. The van der Waals surface area contributed by atoms with Crippen LogP contribution >= 0.6 is 0 Å². The molecule has 0 bridgehead atoms. The van der Waals surface area contributed by atoms with E-state index in [2.05, 4.69) is 10.3 Å². The lowest BCUT2D eigenvalue weighted by molar-refractivity contribution is -0.385. The highest BCUT2D eigenvalue weighted by Gasteiger charge is 2.73. The summed E-state index contributed by atoms with van der Waals surface area (Å²) >= 11 is 0. The fourth-order valence-electron chi connectivity index (χ4n) is 4.65. The second-order valence-electron chi connectivity index (χ2n) is 8.50. The number of pyridine rings is 1. The van der Waals surface area contributed by atoms with Gasteiger partial charge in [0.25, 0.3) is 17.4 Å². The minimum absolute atomic E-state index is 0.0875. The smallest absolute Gasteiger partial charge is 0.280 e. The number of hydrogen-bond acceptors (Lipinski definition) is 7. The quantitative estimate of drug-likeness (QED) is 0.448. The minimum atomic E-state index is -2.50. The molecule has 10 heteroatoms. The summed E-state index contributed by atoms with van der Waals surface area (Å²) in [6, 6.07) is 9.77. The highest BCUT2D eigenvalue weighted by atomic mass is 19.1. The first-order valence-electron chi connectivity index (χ1n) is 10.4. The number of nitro benzene ring substituents is 1. The molecule has 1 amide bonds. The zero-order chi connectivity index (χ0) is 24.4. The summed E-state index contributed by atoms with van der Waals surface area (Å²) in [4.78, 5) is 41.6. The van der Waals surface area contributed by atoms with Crippen LogP contribution < -0.4 is 10.1 Å². The molecule has 9 nitrogen and oxygen atoms in total. The van der Waals surface area contributed by atoms with Gasteiger partial charge in [0.15, 0.2) is 5.82 Å². The summed E-state index contributed by atoms with van der Waals surface area (Å²) in [5.41, 5.74) is -2.84. The Morgan fingerprint density at radius 3 is 2.68 bits per heavy atom. The van der Waals surface area contributed by atoms with Crippen molar-refractivity contribution in [2.24, 2.45) is 0 Å². The third kappa shape index (κ3) is 2.65. The van der Waals surface area contributed by atoms with Gasteiger partial charge in [-0.25, -0.2) is 4.39 Å². The molecule has 34 heavy (non-hydrogen) atoms. The molecule has 0 fully saturated rings. The van der Waals surface area contributed by atoms with Crippen LogP contribution in [0, 0.1) is 15.9 Å². The van der Waals surface area contributed by atoms with Crippen LogP contribution in [-0.2, 0) is 11.3 Å². The molecule has 2 unspecified atom stereocenters. The highest BCUT2D eigenvalue weighted by molar-refractivity contribution is 6.15. The van der Waals surface area contributed by atoms with Crippen molar-refractivity contribution in [2.45, 2.75) is 31.1 Å². The van der Waals surface area contributed by atoms with Crippen LogP contribution in [0.3, 0.4) is 0 Å². The van der Waals surface area contributed by atoms with E-state index < -0.39 is 45.0 Å². The van der Waals surface area contributed by atoms with Gasteiger partial charge in [0, 0.05) is 23.4 Å². The monoisotopic (exact) mass is 463 g/mol. The van der Waals surface area contributed by atoms with Gasteiger partial charge in [-0.1, -0.05) is 38.1 Å². The Morgan fingerprint density at radius 1 is 1.24 bits per heavy atom. The topological polar surface area (TPSA) is 132 Å². The van der Waals surface area contributed by atoms with Crippen molar-refractivity contribution in [2.75, 3.05) is 0 Å². The molecule has 1 aromatic heterocycles. The van der Waals surface area contributed by atoms with Gasteiger partial charge in [0.2, 0.25) is 11.3 Å². The molecular weight excluding hydrogens is 445 g/mol. The van der Waals surface area contributed by atoms with Gasteiger partial charge < -0.3 is 15.2 Å². The summed E-state index contributed by atoms with van der Waals surface area (Å²) in [5.74, 6) is -5.17. The zero-order valence-corrected chi connectivity index (χ0v) is 18.0. The Labute approximate surface area is 192 Å². The third-order valence-corrected chi connectivity index (χ3v) is 6.33. The summed E-state index contributed by atoms with van der Waals surface area (Å²) < 4.78 is 20.2. The average molecular weight is 463 g/mol.